The molecule has 2 aromatic rings. The van der Waals surface area contributed by atoms with E-state index >= 15 is 0 Å². The van der Waals surface area contributed by atoms with Crippen molar-refractivity contribution in [2.24, 2.45) is 17.3 Å². The summed E-state index contributed by atoms with van der Waals surface area (Å²) >= 11 is 0. The maximum absolute atomic E-state index is 11.6. The molecule has 2 saturated carbocycles. The number of hydrogen-bond acceptors (Lipinski definition) is 4. The standard InChI is InChI=1S/C27H31NO3/c1-26-16-22(17-6-4-3-5-7-17)25-20-11-9-19(31-2)14-18(20)8-10-21(25)23(26)15-24(29)27(26,30)12-13-28/h3-7,9,11,14,21-25,29-30H,8,10,12,15-16H2,1-2H3/t21-,22+,23-,24+,25+,26-,27-/m0/s1. The van der Waals surface area contributed by atoms with Crippen molar-refractivity contribution in [3.8, 4) is 11.8 Å². The molecule has 0 aliphatic heterocycles. The van der Waals surface area contributed by atoms with Gasteiger partial charge in [-0.25, -0.2) is 0 Å². The molecule has 2 fully saturated rings. The van der Waals surface area contributed by atoms with E-state index in [1.807, 2.05) is 6.07 Å². The fourth-order valence-electron chi connectivity index (χ4n) is 7.37. The van der Waals surface area contributed by atoms with E-state index in [0.717, 1.165) is 25.0 Å². The zero-order chi connectivity index (χ0) is 21.8. The van der Waals surface area contributed by atoms with Crippen LogP contribution in [0.4, 0.5) is 0 Å². The van der Waals surface area contributed by atoms with Crippen molar-refractivity contribution >= 4 is 0 Å². The molecular weight excluding hydrogens is 386 g/mol. The lowest BCUT2D eigenvalue weighted by Gasteiger charge is -2.56. The van der Waals surface area contributed by atoms with Crippen LogP contribution in [0.15, 0.2) is 48.5 Å². The highest BCUT2D eigenvalue weighted by atomic mass is 16.5. The van der Waals surface area contributed by atoms with Crippen LogP contribution in [0.5, 0.6) is 5.75 Å². The molecule has 3 aliphatic carbocycles. The lowest BCUT2D eigenvalue weighted by molar-refractivity contribution is -0.141. The van der Waals surface area contributed by atoms with Crippen molar-refractivity contribution in [2.75, 3.05) is 7.11 Å². The minimum Gasteiger partial charge on any atom is -0.497 e. The fraction of sp³-hybridized carbons (Fsp3) is 0.519. The summed E-state index contributed by atoms with van der Waals surface area (Å²) in [5.74, 6) is 2.03. The van der Waals surface area contributed by atoms with Crippen molar-refractivity contribution in [1.82, 2.24) is 0 Å². The number of nitriles is 1. The Morgan fingerprint density at radius 2 is 1.97 bits per heavy atom. The van der Waals surface area contributed by atoms with Crippen LogP contribution in [0.25, 0.3) is 0 Å². The Kier molecular flexibility index (Phi) is 4.88. The first-order chi connectivity index (χ1) is 14.9. The zero-order valence-corrected chi connectivity index (χ0v) is 18.3. The molecule has 162 valence electrons. The molecule has 0 aromatic heterocycles. The fourth-order valence-corrected chi connectivity index (χ4v) is 7.37. The van der Waals surface area contributed by atoms with Gasteiger partial charge in [-0.05, 0) is 78.2 Å². The van der Waals surface area contributed by atoms with E-state index in [2.05, 4.69) is 55.5 Å². The Labute approximate surface area is 184 Å². The van der Waals surface area contributed by atoms with Crippen LogP contribution in [0.2, 0.25) is 0 Å². The number of aryl methyl sites for hydroxylation is 1. The van der Waals surface area contributed by atoms with Crippen molar-refractivity contribution in [3.63, 3.8) is 0 Å². The van der Waals surface area contributed by atoms with Crippen molar-refractivity contribution in [3.05, 3.63) is 65.2 Å². The predicted octanol–water partition coefficient (Wildman–Crippen LogP) is 4.56. The van der Waals surface area contributed by atoms with Crippen LogP contribution in [0.1, 0.15) is 61.1 Å². The number of rotatable bonds is 3. The molecule has 0 amide bonds. The quantitative estimate of drug-likeness (QED) is 0.768. The second-order valence-corrected chi connectivity index (χ2v) is 10.0. The third-order valence-electron chi connectivity index (χ3n) is 8.92. The lowest BCUT2D eigenvalue weighted by Crippen LogP contribution is -2.55. The molecule has 0 unspecified atom stereocenters. The largest absolute Gasteiger partial charge is 0.497 e. The van der Waals surface area contributed by atoms with E-state index in [-0.39, 0.29) is 18.3 Å². The van der Waals surface area contributed by atoms with E-state index in [1.165, 1.54) is 16.7 Å². The van der Waals surface area contributed by atoms with Crippen molar-refractivity contribution in [1.29, 1.82) is 5.26 Å². The van der Waals surface area contributed by atoms with Crippen LogP contribution < -0.4 is 4.74 Å². The molecule has 0 spiro atoms. The Hall–Kier alpha value is -2.35. The van der Waals surface area contributed by atoms with Gasteiger partial charge in [0.2, 0.25) is 0 Å². The van der Waals surface area contributed by atoms with Crippen LogP contribution in [0, 0.1) is 28.6 Å². The SMILES string of the molecule is COc1ccc2c(c1)CC[C@@H]1[C@@H]2[C@@H](c2ccccc2)C[C@@]2(C)[C@H]1C[C@@H](O)[C@@]2(O)CC#N. The highest BCUT2D eigenvalue weighted by Gasteiger charge is 2.67. The number of aliphatic hydroxyl groups excluding tert-OH is 1. The number of hydrogen-bond donors (Lipinski definition) is 2. The molecule has 0 radical (unpaired) electrons. The van der Waals surface area contributed by atoms with Crippen molar-refractivity contribution in [2.45, 2.75) is 62.6 Å². The maximum atomic E-state index is 11.6. The van der Waals surface area contributed by atoms with E-state index in [9.17, 15) is 15.5 Å². The molecule has 0 heterocycles. The van der Waals surface area contributed by atoms with E-state index in [1.54, 1.807) is 7.11 Å². The topological polar surface area (TPSA) is 73.5 Å². The summed E-state index contributed by atoms with van der Waals surface area (Å²) in [4.78, 5) is 0. The van der Waals surface area contributed by atoms with Gasteiger partial charge in [-0.3, -0.25) is 0 Å². The summed E-state index contributed by atoms with van der Waals surface area (Å²) in [5.41, 5.74) is 2.17. The zero-order valence-electron chi connectivity index (χ0n) is 18.3. The molecule has 0 bridgehead atoms. The average molecular weight is 418 g/mol. The maximum Gasteiger partial charge on any atom is 0.119 e. The summed E-state index contributed by atoms with van der Waals surface area (Å²) in [7, 11) is 1.71. The van der Waals surface area contributed by atoms with Crippen LogP contribution >= 0.6 is 0 Å². The number of nitrogens with zero attached hydrogens (tertiary/aromatic N) is 1. The van der Waals surface area contributed by atoms with E-state index in [0.29, 0.717) is 18.3 Å². The summed E-state index contributed by atoms with van der Waals surface area (Å²) < 4.78 is 5.48. The van der Waals surface area contributed by atoms with Gasteiger partial charge in [0.05, 0.1) is 25.7 Å². The van der Waals surface area contributed by atoms with Gasteiger partial charge in [-0.2, -0.15) is 5.26 Å². The van der Waals surface area contributed by atoms with Gasteiger partial charge in [0.1, 0.15) is 11.4 Å². The molecule has 7 atom stereocenters. The third-order valence-corrected chi connectivity index (χ3v) is 8.92. The highest BCUT2D eigenvalue weighted by Crippen LogP contribution is 2.68. The molecule has 0 saturated heterocycles. The Morgan fingerprint density at radius 1 is 1.19 bits per heavy atom. The van der Waals surface area contributed by atoms with Gasteiger partial charge in [0, 0.05) is 5.41 Å². The van der Waals surface area contributed by atoms with Gasteiger partial charge in [0.25, 0.3) is 0 Å². The average Bonchev–Trinajstić information content (AvgIpc) is 2.99. The number of ether oxygens (including phenoxy) is 1. The minimum absolute atomic E-state index is 0.0200. The molecule has 4 nitrogen and oxygen atoms in total. The number of fused-ring (bicyclic) bond motifs is 5. The molecule has 3 aliphatic rings. The molecule has 2 aromatic carbocycles. The normalized spacial score (nSPS) is 38.5. The molecule has 2 N–H and O–H groups in total. The third kappa shape index (κ3) is 2.87. The molecule has 31 heavy (non-hydrogen) atoms. The smallest absolute Gasteiger partial charge is 0.119 e. The molecular formula is C27H31NO3. The summed E-state index contributed by atoms with van der Waals surface area (Å²) in [6, 6.07) is 19.2. The van der Waals surface area contributed by atoms with Crippen LogP contribution in [-0.4, -0.2) is 29.0 Å². The van der Waals surface area contributed by atoms with Crippen LogP contribution in [-0.2, 0) is 6.42 Å². The van der Waals surface area contributed by atoms with Crippen molar-refractivity contribution < 1.29 is 14.9 Å². The first-order valence-corrected chi connectivity index (χ1v) is 11.4. The number of methoxy groups -OCH3 is 1. The summed E-state index contributed by atoms with van der Waals surface area (Å²) in [6.45, 7) is 2.13. The van der Waals surface area contributed by atoms with Gasteiger partial charge in [0.15, 0.2) is 0 Å². The van der Waals surface area contributed by atoms with Gasteiger partial charge in [-0.15, -0.1) is 0 Å². The molecule has 4 heteroatoms. The lowest BCUT2D eigenvalue weighted by atomic mass is 9.49. The van der Waals surface area contributed by atoms with Gasteiger partial charge in [-0.1, -0.05) is 43.3 Å². The predicted molar refractivity (Wildman–Crippen MR) is 119 cm³/mol. The first-order valence-electron chi connectivity index (χ1n) is 11.4. The Morgan fingerprint density at radius 3 is 2.68 bits per heavy atom. The summed E-state index contributed by atoms with van der Waals surface area (Å²) in [5, 5.41) is 32.1. The van der Waals surface area contributed by atoms with Gasteiger partial charge < -0.3 is 14.9 Å². The van der Waals surface area contributed by atoms with Gasteiger partial charge >= 0.3 is 0 Å². The summed E-state index contributed by atoms with van der Waals surface area (Å²) in [6.07, 6.45) is 2.48. The van der Waals surface area contributed by atoms with E-state index in [4.69, 9.17) is 4.74 Å². The minimum atomic E-state index is -1.36. The number of benzene rings is 2. The van der Waals surface area contributed by atoms with Crippen LogP contribution in [0.3, 0.4) is 0 Å². The molecule has 5 rings (SSSR count). The first kappa shape index (κ1) is 20.5. The second kappa shape index (κ2) is 7.36. The Balaban J connectivity index is 1.66. The van der Waals surface area contributed by atoms with E-state index < -0.39 is 17.1 Å². The Bertz CT molecular complexity index is 1010. The second-order valence-electron chi connectivity index (χ2n) is 10.0. The highest BCUT2D eigenvalue weighted by molar-refractivity contribution is 5.44. The monoisotopic (exact) mass is 417 g/mol. The number of aliphatic hydroxyl groups is 2.